The quantitative estimate of drug-likeness (QED) is 0.813. The van der Waals surface area contributed by atoms with Gasteiger partial charge in [-0.05, 0) is 35.6 Å². The lowest BCUT2D eigenvalue weighted by molar-refractivity contribution is -0.128. The molecule has 0 radical (unpaired) electrons. The van der Waals surface area contributed by atoms with Crippen molar-refractivity contribution in [3.8, 4) is 5.75 Å². The highest BCUT2D eigenvalue weighted by Crippen LogP contribution is 2.24. The van der Waals surface area contributed by atoms with Crippen molar-refractivity contribution in [3.05, 3.63) is 65.2 Å². The SMILES string of the molecule is Cc1ccc(C(C)C)cc1OCC(=O)NC(C(N)=O)c1ccccc1. The fraction of sp³-hybridized carbons (Fsp3) is 0.300. The van der Waals surface area contributed by atoms with Crippen LogP contribution in [0.2, 0.25) is 0 Å². The van der Waals surface area contributed by atoms with E-state index in [2.05, 4.69) is 19.2 Å². The van der Waals surface area contributed by atoms with Gasteiger partial charge in [-0.1, -0.05) is 56.3 Å². The number of nitrogens with two attached hydrogens (primary N) is 1. The van der Waals surface area contributed by atoms with E-state index < -0.39 is 17.9 Å². The van der Waals surface area contributed by atoms with Crippen molar-refractivity contribution < 1.29 is 14.3 Å². The zero-order valence-corrected chi connectivity index (χ0v) is 14.8. The van der Waals surface area contributed by atoms with Gasteiger partial charge in [0, 0.05) is 0 Å². The van der Waals surface area contributed by atoms with E-state index in [1.54, 1.807) is 24.3 Å². The van der Waals surface area contributed by atoms with Gasteiger partial charge in [-0.2, -0.15) is 0 Å². The molecular formula is C20H24N2O3. The summed E-state index contributed by atoms with van der Waals surface area (Å²) in [5.41, 5.74) is 8.14. The molecule has 1 atom stereocenters. The van der Waals surface area contributed by atoms with E-state index in [9.17, 15) is 9.59 Å². The lowest BCUT2D eigenvalue weighted by atomic mass is 10.0. The van der Waals surface area contributed by atoms with Gasteiger partial charge in [0.25, 0.3) is 5.91 Å². The summed E-state index contributed by atoms with van der Waals surface area (Å²) in [4.78, 5) is 23.8. The van der Waals surface area contributed by atoms with Gasteiger partial charge >= 0.3 is 0 Å². The molecule has 3 N–H and O–H groups in total. The first kappa shape index (κ1) is 18.5. The van der Waals surface area contributed by atoms with Crippen molar-refractivity contribution in [2.45, 2.75) is 32.7 Å². The Hall–Kier alpha value is -2.82. The summed E-state index contributed by atoms with van der Waals surface area (Å²) in [6.07, 6.45) is 0. The smallest absolute Gasteiger partial charge is 0.258 e. The topological polar surface area (TPSA) is 81.4 Å². The van der Waals surface area contributed by atoms with E-state index in [1.807, 2.05) is 31.2 Å². The predicted octanol–water partition coefficient (Wildman–Crippen LogP) is 2.84. The molecule has 0 spiro atoms. The molecule has 0 heterocycles. The van der Waals surface area contributed by atoms with Gasteiger partial charge in [0.15, 0.2) is 6.61 Å². The fourth-order valence-electron chi connectivity index (χ4n) is 2.44. The molecule has 2 rings (SSSR count). The van der Waals surface area contributed by atoms with Crippen LogP contribution in [0.3, 0.4) is 0 Å². The van der Waals surface area contributed by atoms with Gasteiger partial charge in [-0.25, -0.2) is 0 Å². The minimum atomic E-state index is -0.875. The van der Waals surface area contributed by atoms with Crippen LogP contribution in [0.4, 0.5) is 0 Å². The van der Waals surface area contributed by atoms with Gasteiger partial charge in [0.2, 0.25) is 5.91 Å². The minimum Gasteiger partial charge on any atom is -0.483 e. The number of hydrogen-bond donors (Lipinski definition) is 2. The summed E-state index contributed by atoms with van der Waals surface area (Å²) in [7, 11) is 0. The van der Waals surface area contributed by atoms with Crippen LogP contribution in [-0.4, -0.2) is 18.4 Å². The van der Waals surface area contributed by atoms with Crippen LogP contribution in [-0.2, 0) is 9.59 Å². The van der Waals surface area contributed by atoms with Crippen LogP contribution in [0, 0.1) is 6.92 Å². The highest BCUT2D eigenvalue weighted by molar-refractivity contribution is 5.88. The molecule has 2 aromatic carbocycles. The molecule has 5 heteroatoms. The molecule has 0 aliphatic heterocycles. The van der Waals surface area contributed by atoms with Gasteiger partial charge in [0.1, 0.15) is 11.8 Å². The van der Waals surface area contributed by atoms with Crippen LogP contribution in [0.1, 0.15) is 42.5 Å². The van der Waals surface area contributed by atoms with E-state index >= 15 is 0 Å². The Labute approximate surface area is 148 Å². The van der Waals surface area contributed by atoms with Gasteiger partial charge in [0.05, 0.1) is 0 Å². The lowest BCUT2D eigenvalue weighted by Gasteiger charge is -2.17. The maximum atomic E-state index is 12.2. The first-order valence-corrected chi connectivity index (χ1v) is 8.25. The monoisotopic (exact) mass is 340 g/mol. The molecule has 132 valence electrons. The molecule has 0 aliphatic carbocycles. The van der Waals surface area contributed by atoms with Crippen LogP contribution >= 0.6 is 0 Å². The molecule has 2 aromatic rings. The number of nitrogens with one attached hydrogen (secondary N) is 1. The van der Waals surface area contributed by atoms with E-state index in [-0.39, 0.29) is 6.61 Å². The number of rotatable bonds is 7. The Kier molecular flexibility index (Phi) is 6.17. The van der Waals surface area contributed by atoms with Crippen molar-refractivity contribution in [1.29, 1.82) is 0 Å². The molecule has 5 nitrogen and oxygen atoms in total. The van der Waals surface area contributed by atoms with E-state index in [1.165, 1.54) is 0 Å². The molecule has 25 heavy (non-hydrogen) atoms. The summed E-state index contributed by atoms with van der Waals surface area (Å²) in [5, 5.41) is 2.62. The first-order valence-electron chi connectivity index (χ1n) is 8.25. The number of primary amides is 1. The predicted molar refractivity (Wildman–Crippen MR) is 97.3 cm³/mol. The molecule has 2 amide bonds. The third-order valence-electron chi connectivity index (χ3n) is 3.96. The Bertz CT molecular complexity index is 742. The van der Waals surface area contributed by atoms with E-state index in [0.29, 0.717) is 17.2 Å². The van der Waals surface area contributed by atoms with Gasteiger partial charge < -0.3 is 15.8 Å². The number of carbonyl (C=O) groups is 2. The second kappa shape index (κ2) is 8.33. The average molecular weight is 340 g/mol. The van der Waals surface area contributed by atoms with Crippen molar-refractivity contribution in [2.24, 2.45) is 5.73 Å². The van der Waals surface area contributed by atoms with Crippen molar-refractivity contribution >= 4 is 11.8 Å². The highest BCUT2D eigenvalue weighted by Gasteiger charge is 2.20. The average Bonchev–Trinajstić information content (AvgIpc) is 2.59. The van der Waals surface area contributed by atoms with Crippen LogP contribution in [0.15, 0.2) is 48.5 Å². The maximum absolute atomic E-state index is 12.2. The summed E-state index contributed by atoms with van der Waals surface area (Å²) >= 11 is 0. The van der Waals surface area contributed by atoms with Crippen LogP contribution < -0.4 is 15.8 Å². The third-order valence-corrected chi connectivity index (χ3v) is 3.96. The summed E-state index contributed by atoms with van der Waals surface area (Å²) < 4.78 is 5.64. The maximum Gasteiger partial charge on any atom is 0.258 e. The van der Waals surface area contributed by atoms with Crippen molar-refractivity contribution in [1.82, 2.24) is 5.32 Å². The standard InChI is InChI=1S/C20H24N2O3/c1-13(2)16-10-9-14(3)17(11-16)25-12-18(23)22-19(20(21)24)15-7-5-4-6-8-15/h4-11,13,19H,12H2,1-3H3,(H2,21,24)(H,22,23). The fourth-order valence-corrected chi connectivity index (χ4v) is 2.44. The summed E-state index contributed by atoms with van der Waals surface area (Å²) in [6, 6.07) is 14.0. The van der Waals surface area contributed by atoms with E-state index in [4.69, 9.17) is 10.5 Å². The number of amides is 2. The summed E-state index contributed by atoms with van der Waals surface area (Å²) in [5.74, 6) is 0.0188. The first-order chi connectivity index (χ1) is 11.9. The largest absolute Gasteiger partial charge is 0.483 e. The van der Waals surface area contributed by atoms with Crippen molar-refractivity contribution in [2.75, 3.05) is 6.61 Å². The molecule has 0 aliphatic rings. The molecule has 1 unspecified atom stereocenters. The highest BCUT2D eigenvalue weighted by atomic mass is 16.5. The third kappa shape index (κ3) is 5.08. The molecular weight excluding hydrogens is 316 g/mol. The number of hydrogen-bond acceptors (Lipinski definition) is 3. The minimum absolute atomic E-state index is 0.182. The van der Waals surface area contributed by atoms with Crippen LogP contribution in [0.25, 0.3) is 0 Å². The van der Waals surface area contributed by atoms with Crippen LogP contribution in [0.5, 0.6) is 5.75 Å². The summed E-state index contributed by atoms with van der Waals surface area (Å²) in [6.45, 7) is 5.93. The molecule has 0 aromatic heterocycles. The van der Waals surface area contributed by atoms with Crippen molar-refractivity contribution in [3.63, 3.8) is 0 Å². The van der Waals surface area contributed by atoms with E-state index in [0.717, 1.165) is 11.1 Å². The molecule has 0 saturated heterocycles. The number of carbonyl (C=O) groups excluding carboxylic acids is 2. The normalized spacial score (nSPS) is 11.8. The molecule has 0 fully saturated rings. The Morgan fingerprint density at radius 1 is 1.08 bits per heavy atom. The molecule has 0 bridgehead atoms. The van der Waals surface area contributed by atoms with Gasteiger partial charge in [-0.3, -0.25) is 9.59 Å². The second-order valence-corrected chi connectivity index (χ2v) is 6.28. The Morgan fingerprint density at radius 2 is 1.76 bits per heavy atom. The lowest BCUT2D eigenvalue weighted by Crippen LogP contribution is -2.39. The zero-order chi connectivity index (χ0) is 18.4. The molecule has 0 saturated carbocycles. The van der Waals surface area contributed by atoms with Gasteiger partial charge in [-0.15, -0.1) is 0 Å². The zero-order valence-electron chi connectivity index (χ0n) is 14.8. The second-order valence-electron chi connectivity index (χ2n) is 6.28. The number of benzene rings is 2. The Balaban J connectivity index is 2.02. The number of aryl methyl sites for hydroxylation is 1. The Morgan fingerprint density at radius 3 is 2.36 bits per heavy atom. The number of ether oxygens (including phenoxy) is 1.